The van der Waals surface area contributed by atoms with Gasteiger partial charge in [-0.05, 0) is 53.9 Å². The zero-order valence-electron chi connectivity index (χ0n) is 13.8. The van der Waals surface area contributed by atoms with Crippen LogP contribution in [-0.4, -0.2) is 28.9 Å². The Bertz CT molecular complexity index is 457. The van der Waals surface area contributed by atoms with Crippen molar-refractivity contribution in [3.63, 3.8) is 0 Å². The fourth-order valence-corrected chi connectivity index (χ4v) is 3.49. The Balaban J connectivity index is 1.99. The quantitative estimate of drug-likeness (QED) is 0.919. The topological polar surface area (TPSA) is 47.3 Å². The van der Waals surface area contributed by atoms with E-state index in [0.717, 1.165) is 24.4 Å². The smallest absolute Gasteiger partial charge is 0.137 e. The van der Waals surface area contributed by atoms with E-state index in [0.29, 0.717) is 12.0 Å². The van der Waals surface area contributed by atoms with Gasteiger partial charge in [0.1, 0.15) is 5.76 Å². The molecule has 1 N–H and O–H groups in total. The van der Waals surface area contributed by atoms with E-state index in [-0.39, 0.29) is 11.2 Å². The second-order valence-corrected chi connectivity index (χ2v) is 7.27. The molecule has 20 heavy (non-hydrogen) atoms. The molecule has 1 aliphatic heterocycles. The van der Waals surface area contributed by atoms with E-state index in [4.69, 9.17) is 9.26 Å². The maximum absolute atomic E-state index is 6.13. The van der Waals surface area contributed by atoms with Gasteiger partial charge in [0.15, 0.2) is 0 Å². The van der Waals surface area contributed by atoms with E-state index >= 15 is 0 Å². The first-order chi connectivity index (χ1) is 9.12. The summed E-state index contributed by atoms with van der Waals surface area (Å²) in [5, 5.41) is 7.72. The van der Waals surface area contributed by atoms with E-state index in [2.05, 4.69) is 45.1 Å². The molecular weight excluding hydrogens is 252 g/mol. The molecule has 1 aliphatic rings. The minimum absolute atomic E-state index is 0.0482. The second-order valence-electron chi connectivity index (χ2n) is 7.27. The van der Waals surface area contributed by atoms with Crippen molar-refractivity contribution >= 4 is 0 Å². The summed E-state index contributed by atoms with van der Waals surface area (Å²) in [6.07, 6.45) is 1.04. The molecule has 0 aromatic carbocycles. The van der Waals surface area contributed by atoms with Gasteiger partial charge in [-0.1, -0.05) is 12.1 Å². The maximum Gasteiger partial charge on any atom is 0.137 e. The van der Waals surface area contributed by atoms with Crippen molar-refractivity contribution in [1.82, 2.24) is 10.5 Å². The Labute approximate surface area is 122 Å². The minimum atomic E-state index is -0.123. The summed E-state index contributed by atoms with van der Waals surface area (Å²) in [6, 6.07) is 0.375. The van der Waals surface area contributed by atoms with Crippen LogP contribution in [0.4, 0.5) is 0 Å². The van der Waals surface area contributed by atoms with Crippen molar-refractivity contribution in [2.45, 2.75) is 78.0 Å². The summed E-state index contributed by atoms with van der Waals surface area (Å²) in [7, 11) is 0. The summed E-state index contributed by atoms with van der Waals surface area (Å²) in [6.45, 7) is 15.8. The first kappa shape index (κ1) is 15.5. The molecule has 4 heteroatoms. The third-order valence-electron chi connectivity index (χ3n) is 4.33. The van der Waals surface area contributed by atoms with Gasteiger partial charge >= 0.3 is 0 Å². The van der Waals surface area contributed by atoms with Crippen LogP contribution in [0.25, 0.3) is 0 Å². The van der Waals surface area contributed by atoms with Gasteiger partial charge in [0, 0.05) is 18.2 Å². The molecular formula is C16H28N2O2. The van der Waals surface area contributed by atoms with Crippen LogP contribution in [-0.2, 0) is 4.74 Å². The van der Waals surface area contributed by atoms with Crippen molar-refractivity contribution in [2.24, 2.45) is 0 Å². The summed E-state index contributed by atoms with van der Waals surface area (Å²) < 4.78 is 11.4. The predicted molar refractivity (Wildman–Crippen MR) is 80.0 cm³/mol. The highest BCUT2D eigenvalue weighted by Gasteiger charge is 2.45. The fraction of sp³-hybridized carbons (Fsp3) is 0.812. The van der Waals surface area contributed by atoms with Crippen LogP contribution < -0.4 is 5.32 Å². The number of aromatic nitrogens is 1. The van der Waals surface area contributed by atoms with E-state index in [9.17, 15) is 0 Å². The zero-order valence-corrected chi connectivity index (χ0v) is 13.8. The lowest BCUT2D eigenvalue weighted by Crippen LogP contribution is -2.44. The highest BCUT2D eigenvalue weighted by Crippen LogP contribution is 2.37. The number of ether oxygens (including phenoxy) is 1. The van der Waals surface area contributed by atoms with Crippen LogP contribution in [0, 0.1) is 13.8 Å². The van der Waals surface area contributed by atoms with Crippen LogP contribution >= 0.6 is 0 Å². The molecule has 1 fully saturated rings. The average Bonchev–Trinajstić information content (AvgIpc) is 2.72. The van der Waals surface area contributed by atoms with Gasteiger partial charge in [0.2, 0.25) is 0 Å². The average molecular weight is 280 g/mol. The van der Waals surface area contributed by atoms with Crippen LogP contribution in [0.5, 0.6) is 0 Å². The SMILES string of the molecule is Cc1noc(C)c1[C@@H](C)CN[C@H]1CC(C)(C)OC1(C)C. The summed E-state index contributed by atoms with van der Waals surface area (Å²) in [4.78, 5) is 0. The Morgan fingerprint density at radius 1 is 1.30 bits per heavy atom. The fourth-order valence-electron chi connectivity index (χ4n) is 3.49. The standard InChI is InChI=1S/C16H28N2O2/c1-10(14-11(2)18-19-12(14)3)9-17-13-8-15(4,5)20-16(13,6)7/h10,13,17H,8-9H2,1-7H3/t10-,13-/m0/s1. The zero-order chi connectivity index (χ0) is 15.1. The monoisotopic (exact) mass is 280 g/mol. The normalized spacial score (nSPS) is 25.9. The molecule has 1 aromatic heterocycles. The number of nitrogens with one attached hydrogen (secondary N) is 1. The molecule has 0 radical (unpaired) electrons. The van der Waals surface area contributed by atoms with Crippen molar-refractivity contribution in [1.29, 1.82) is 0 Å². The maximum atomic E-state index is 6.13. The Kier molecular flexibility index (Phi) is 4.00. The Hall–Kier alpha value is -0.870. The third kappa shape index (κ3) is 3.07. The van der Waals surface area contributed by atoms with Crippen molar-refractivity contribution in [3.8, 4) is 0 Å². The van der Waals surface area contributed by atoms with Gasteiger partial charge in [-0.25, -0.2) is 0 Å². The number of hydrogen-bond donors (Lipinski definition) is 1. The molecule has 2 atom stereocenters. The molecule has 0 saturated carbocycles. The van der Waals surface area contributed by atoms with E-state index < -0.39 is 0 Å². The summed E-state index contributed by atoms with van der Waals surface area (Å²) in [5.41, 5.74) is 2.06. The summed E-state index contributed by atoms with van der Waals surface area (Å²) >= 11 is 0. The van der Waals surface area contributed by atoms with E-state index in [1.165, 1.54) is 5.56 Å². The molecule has 2 heterocycles. The van der Waals surface area contributed by atoms with Crippen molar-refractivity contribution in [3.05, 3.63) is 17.0 Å². The molecule has 0 aliphatic carbocycles. The highest BCUT2D eigenvalue weighted by molar-refractivity contribution is 5.25. The van der Waals surface area contributed by atoms with E-state index in [1.807, 2.05) is 13.8 Å². The van der Waals surface area contributed by atoms with Crippen LogP contribution in [0.1, 0.15) is 64.0 Å². The van der Waals surface area contributed by atoms with Gasteiger partial charge < -0.3 is 14.6 Å². The third-order valence-corrected chi connectivity index (χ3v) is 4.33. The number of rotatable bonds is 4. The molecule has 0 spiro atoms. The van der Waals surface area contributed by atoms with Crippen molar-refractivity contribution in [2.75, 3.05) is 6.54 Å². The lowest BCUT2D eigenvalue weighted by Gasteiger charge is -2.28. The second kappa shape index (κ2) is 5.15. The summed E-state index contributed by atoms with van der Waals surface area (Å²) in [5.74, 6) is 1.32. The molecule has 1 aromatic rings. The van der Waals surface area contributed by atoms with Gasteiger partial charge in [-0.15, -0.1) is 0 Å². The largest absolute Gasteiger partial charge is 0.368 e. The van der Waals surface area contributed by atoms with Gasteiger partial charge in [0.25, 0.3) is 0 Å². The van der Waals surface area contributed by atoms with Crippen LogP contribution in [0.3, 0.4) is 0 Å². The van der Waals surface area contributed by atoms with Gasteiger partial charge in [-0.2, -0.15) is 0 Å². The number of nitrogens with zero attached hydrogens (tertiary/aromatic N) is 1. The molecule has 114 valence electrons. The van der Waals surface area contributed by atoms with Gasteiger partial charge in [0.05, 0.1) is 16.9 Å². The Morgan fingerprint density at radius 3 is 2.40 bits per heavy atom. The van der Waals surface area contributed by atoms with Crippen molar-refractivity contribution < 1.29 is 9.26 Å². The highest BCUT2D eigenvalue weighted by atomic mass is 16.5. The van der Waals surface area contributed by atoms with Gasteiger partial charge in [-0.3, -0.25) is 0 Å². The molecule has 1 saturated heterocycles. The van der Waals surface area contributed by atoms with E-state index in [1.54, 1.807) is 0 Å². The predicted octanol–water partition coefficient (Wildman–Crippen LogP) is 3.33. The Morgan fingerprint density at radius 2 is 1.95 bits per heavy atom. The molecule has 0 unspecified atom stereocenters. The number of aryl methyl sites for hydroxylation is 2. The van der Waals surface area contributed by atoms with Crippen LogP contribution in [0.2, 0.25) is 0 Å². The first-order valence-electron chi connectivity index (χ1n) is 7.49. The lowest BCUT2D eigenvalue weighted by molar-refractivity contribution is -0.0698. The lowest BCUT2D eigenvalue weighted by atomic mass is 9.93. The number of hydrogen-bond acceptors (Lipinski definition) is 4. The van der Waals surface area contributed by atoms with Crippen LogP contribution in [0.15, 0.2) is 4.52 Å². The molecule has 4 nitrogen and oxygen atoms in total. The minimum Gasteiger partial charge on any atom is -0.368 e. The molecule has 0 bridgehead atoms. The molecule has 2 rings (SSSR count). The molecule has 0 amide bonds. The first-order valence-corrected chi connectivity index (χ1v) is 7.49.